The highest BCUT2D eigenvalue weighted by molar-refractivity contribution is 6.23. The van der Waals surface area contributed by atoms with Crippen LogP contribution in [0.3, 0.4) is 0 Å². The number of ether oxygens (including phenoxy) is 1. The molecule has 0 spiro atoms. The number of nitrogens with zero attached hydrogens (tertiary/aromatic N) is 2. The molecule has 0 bridgehead atoms. The zero-order chi connectivity index (χ0) is 25.9. The van der Waals surface area contributed by atoms with Crippen molar-refractivity contribution in [1.29, 1.82) is 0 Å². The molecule has 1 saturated heterocycles. The van der Waals surface area contributed by atoms with Gasteiger partial charge in [0.2, 0.25) is 0 Å². The van der Waals surface area contributed by atoms with E-state index in [0.29, 0.717) is 16.9 Å². The third kappa shape index (κ3) is 5.54. The number of carbonyl (C=O) groups excluding carboxylic acids is 3. The fourth-order valence-electron chi connectivity index (χ4n) is 3.71. The molecular weight excluding hydrogens is 479 g/mol. The average molecular weight is 499 g/mol. The van der Waals surface area contributed by atoms with Crippen molar-refractivity contribution in [1.82, 2.24) is 10.3 Å². The number of nitrogens with one attached hydrogen (secondary N) is 3. The van der Waals surface area contributed by atoms with Crippen molar-refractivity contribution in [3.63, 3.8) is 0 Å². The number of anilines is 3. The van der Waals surface area contributed by atoms with E-state index >= 15 is 0 Å². The van der Waals surface area contributed by atoms with Crippen LogP contribution >= 0.6 is 0 Å². The van der Waals surface area contributed by atoms with E-state index in [1.807, 2.05) is 6.07 Å². The maximum Gasteiger partial charge on any atom is 0.573 e. The first kappa shape index (κ1) is 24.5. The number of benzene rings is 2. The zero-order valence-corrected chi connectivity index (χ0v) is 18.8. The topological polar surface area (TPSA) is 113 Å². The van der Waals surface area contributed by atoms with Crippen LogP contribution in [0.1, 0.15) is 12.5 Å². The molecule has 3 aromatic rings. The third-order valence-electron chi connectivity index (χ3n) is 5.32. The van der Waals surface area contributed by atoms with Crippen molar-refractivity contribution in [2.45, 2.75) is 25.2 Å². The minimum atomic E-state index is -4.87. The fraction of sp³-hybridized carbons (Fsp3) is 0.167. The molecule has 3 N–H and O–H groups in total. The lowest BCUT2D eigenvalue weighted by molar-refractivity contribution is -0.274. The van der Waals surface area contributed by atoms with Gasteiger partial charge in [0.05, 0.1) is 17.6 Å². The second-order valence-corrected chi connectivity index (χ2v) is 8.10. The second-order valence-electron chi connectivity index (χ2n) is 8.10. The number of alkyl halides is 3. The van der Waals surface area contributed by atoms with E-state index < -0.39 is 35.6 Å². The number of aromatic nitrogens is 1. The van der Waals surface area contributed by atoms with Gasteiger partial charge in [0.15, 0.2) is 0 Å². The molecule has 1 aromatic heterocycles. The smallest absolute Gasteiger partial charge is 0.406 e. The molecule has 12 heteroatoms. The minimum absolute atomic E-state index is 0.00676. The molecule has 2 aromatic carbocycles. The van der Waals surface area contributed by atoms with Gasteiger partial charge in [-0.1, -0.05) is 18.2 Å². The maximum absolute atomic E-state index is 13.2. The van der Waals surface area contributed by atoms with E-state index in [0.717, 1.165) is 17.0 Å². The van der Waals surface area contributed by atoms with Gasteiger partial charge < -0.3 is 20.7 Å². The van der Waals surface area contributed by atoms with Crippen LogP contribution in [0.2, 0.25) is 0 Å². The summed E-state index contributed by atoms with van der Waals surface area (Å²) in [6.45, 7) is 1.52. The Balaban J connectivity index is 1.49. The lowest BCUT2D eigenvalue weighted by Crippen LogP contribution is -2.46. The number of amides is 5. The molecule has 1 aliphatic rings. The summed E-state index contributed by atoms with van der Waals surface area (Å²) in [5.41, 5.74) is 0.117. The normalized spacial score (nSPS) is 17.5. The summed E-state index contributed by atoms with van der Waals surface area (Å²) >= 11 is 0. The van der Waals surface area contributed by atoms with Gasteiger partial charge >= 0.3 is 18.4 Å². The second kappa shape index (κ2) is 9.56. The van der Waals surface area contributed by atoms with Gasteiger partial charge in [-0.05, 0) is 55.0 Å². The maximum atomic E-state index is 13.2. The lowest BCUT2D eigenvalue weighted by atomic mass is 9.92. The molecule has 186 valence electrons. The molecule has 1 unspecified atom stereocenters. The first-order valence-corrected chi connectivity index (χ1v) is 10.6. The Morgan fingerprint density at radius 1 is 1.06 bits per heavy atom. The number of urea groups is 2. The van der Waals surface area contributed by atoms with Crippen LogP contribution in [0.15, 0.2) is 73.1 Å². The van der Waals surface area contributed by atoms with E-state index in [1.54, 1.807) is 30.3 Å². The summed E-state index contributed by atoms with van der Waals surface area (Å²) in [4.78, 5) is 43.2. The third-order valence-corrected chi connectivity index (χ3v) is 5.32. The Hall–Kier alpha value is -4.61. The molecule has 2 heterocycles. The number of hydrogen-bond donors (Lipinski definition) is 3. The average Bonchev–Trinajstić information content (AvgIpc) is 3.03. The van der Waals surface area contributed by atoms with E-state index in [4.69, 9.17) is 0 Å². The molecule has 36 heavy (non-hydrogen) atoms. The molecule has 0 saturated carbocycles. The Kier molecular flexibility index (Phi) is 6.51. The monoisotopic (exact) mass is 499 g/mol. The lowest BCUT2D eigenvalue weighted by Gasteiger charge is -2.23. The van der Waals surface area contributed by atoms with E-state index in [9.17, 15) is 27.6 Å². The minimum Gasteiger partial charge on any atom is -0.406 e. The van der Waals surface area contributed by atoms with Crippen molar-refractivity contribution in [3.05, 3.63) is 78.6 Å². The summed E-state index contributed by atoms with van der Waals surface area (Å²) < 4.78 is 41.1. The molecule has 1 aliphatic heterocycles. The van der Waals surface area contributed by atoms with Crippen LogP contribution in [-0.4, -0.2) is 34.9 Å². The highest BCUT2D eigenvalue weighted by Gasteiger charge is 2.48. The van der Waals surface area contributed by atoms with Gasteiger partial charge in [0, 0.05) is 18.3 Å². The fourth-order valence-corrected chi connectivity index (χ4v) is 3.71. The number of pyridine rings is 1. The summed E-state index contributed by atoms with van der Waals surface area (Å²) in [6.07, 6.45) is -1.96. The number of hydrogen-bond acceptors (Lipinski definition) is 5. The molecule has 0 radical (unpaired) electrons. The standard InChI is InChI=1S/C24H20F3N5O4/c1-23(13-15-11-12-28-14-19(15)30-21(34)29-16-5-3-2-4-6-16)20(33)32(22(35)31-23)17-7-9-18(10-8-17)36-24(25,26)27/h2-12,14H,13H2,1H3,(H,31,35)(H2,29,30,34). The number of rotatable bonds is 6. The summed E-state index contributed by atoms with van der Waals surface area (Å²) in [7, 11) is 0. The van der Waals surface area contributed by atoms with Gasteiger partial charge in [-0.3, -0.25) is 9.78 Å². The number of halogens is 3. The number of para-hydroxylation sites is 1. The van der Waals surface area contributed by atoms with Crippen molar-refractivity contribution < 1.29 is 32.3 Å². The first-order chi connectivity index (χ1) is 17.0. The van der Waals surface area contributed by atoms with E-state index in [1.165, 1.54) is 31.5 Å². The Labute approximate surface area is 203 Å². The predicted octanol–water partition coefficient (Wildman–Crippen LogP) is 4.68. The van der Waals surface area contributed by atoms with Gasteiger partial charge in [0.1, 0.15) is 11.3 Å². The van der Waals surface area contributed by atoms with Crippen LogP contribution < -0.4 is 25.6 Å². The van der Waals surface area contributed by atoms with Gasteiger partial charge in [-0.2, -0.15) is 0 Å². The number of imide groups is 1. The number of carbonyl (C=O) groups is 3. The van der Waals surface area contributed by atoms with Crippen molar-refractivity contribution in [3.8, 4) is 5.75 Å². The highest BCUT2D eigenvalue weighted by atomic mass is 19.4. The van der Waals surface area contributed by atoms with E-state index in [2.05, 4.69) is 25.7 Å². The summed E-state index contributed by atoms with van der Waals surface area (Å²) in [6, 6.07) is 13.5. The summed E-state index contributed by atoms with van der Waals surface area (Å²) in [5, 5.41) is 8.00. The van der Waals surface area contributed by atoms with Crippen LogP contribution in [0, 0.1) is 0 Å². The van der Waals surface area contributed by atoms with Gasteiger partial charge in [-0.15, -0.1) is 13.2 Å². The Morgan fingerprint density at radius 3 is 2.42 bits per heavy atom. The van der Waals surface area contributed by atoms with E-state index in [-0.39, 0.29) is 12.1 Å². The van der Waals surface area contributed by atoms with Crippen molar-refractivity contribution in [2.24, 2.45) is 0 Å². The first-order valence-electron chi connectivity index (χ1n) is 10.6. The van der Waals surface area contributed by atoms with Crippen LogP contribution in [-0.2, 0) is 11.2 Å². The SMILES string of the molecule is CC1(Cc2ccncc2NC(=O)Nc2ccccc2)NC(=O)N(c2ccc(OC(F)(F)F)cc2)C1=O. The molecule has 5 amide bonds. The molecule has 1 fully saturated rings. The molecule has 4 rings (SSSR count). The molecule has 0 aliphatic carbocycles. The summed E-state index contributed by atoms with van der Waals surface area (Å²) in [5.74, 6) is -1.10. The highest BCUT2D eigenvalue weighted by Crippen LogP contribution is 2.31. The van der Waals surface area contributed by atoms with Crippen LogP contribution in [0.25, 0.3) is 0 Å². The van der Waals surface area contributed by atoms with Gasteiger partial charge in [0.25, 0.3) is 5.91 Å². The van der Waals surface area contributed by atoms with Gasteiger partial charge in [-0.25, -0.2) is 14.5 Å². The van der Waals surface area contributed by atoms with Crippen LogP contribution in [0.5, 0.6) is 5.75 Å². The molecule has 1 atom stereocenters. The quantitative estimate of drug-likeness (QED) is 0.427. The predicted molar refractivity (Wildman–Crippen MR) is 125 cm³/mol. The van der Waals surface area contributed by atoms with Crippen molar-refractivity contribution >= 4 is 35.0 Å². The Morgan fingerprint density at radius 2 is 1.75 bits per heavy atom. The van der Waals surface area contributed by atoms with Crippen LogP contribution in [0.4, 0.5) is 39.8 Å². The zero-order valence-electron chi connectivity index (χ0n) is 18.8. The molecule has 9 nitrogen and oxygen atoms in total. The van der Waals surface area contributed by atoms with Crippen molar-refractivity contribution in [2.75, 3.05) is 15.5 Å². The largest absolute Gasteiger partial charge is 0.573 e. The Bertz CT molecular complexity index is 1280. The molecular formula is C24H20F3N5O4.